The molecule has 0 spiro atoms. The molecule has 0 aromatic heterocycles. The molecule has 0 radical (unpaired) electrons. The maximum absolute atomic E-state index is 9.55. The minimum atomic E-state index is -1.26. The summed E-state index contributed by atoms with van der Waals surface area (Å²) in [6.45, 7) is 3.34. The van der Waals surface area contributed by atoms with Crippen LogP contribution in [-0.2, 0) is 19.1 Å². The van der Waals surface area contributed by atoms with Gasteiger partial charge in [0.2, 0.25) is 0 Å². The number of hydrogen-bond donors (Lipinski definition) is 3. The Morgan fingerprint density at radius 1 is 1.00 bits per heavy atom. The van der Waals surface area contributed by atoms with Crippen LogP contribution in [0.3, 0.4) is 0 Å². The summed E-state index contributed by atoms with van der Waals surface area (Å²) >= 11 is 0. The van der Waals surface area contributed by atoms with Crippen molar-refractivity contribution in [2.75, 3.05) is 40.5 Å². The molecule has 0 saturated carbocycles. The van der Waals surface area contributed by atoms with Crippen molar-refractivity contribution in [1.29, 1.82) is 0 Å². The monoisotopic (exact) mass is 249 g/mol. The zero-order chi connectivity index (χ0) is 13.5. The van der Waals surface area contributed by atoms with E-state index in [1.54, 1.807) is 14.2 Å². The van der Waals surface area contributed by atoms with Crippen molar-refractivity contribution in [1.82, 2.24) is 5.32 Å². The van der Waals surface area contributed by atoms with Crippen molar-refractivity contribution in [3.05, 3.63) is 12.2 Å². The number of nitrogens with one attached hydrogen (secondary N) is 1. The largest absolute Gasteiger partial charge is 0.478 e. The second-order valence-corrected chi connectivity index (χ2v) is 2.75. The average molecular weight is 249 g/mol. The lowest BCUT2D eigenvalue weighted by Crippen LogP contribution is -2.23. The molecule has 0 aromatic rings. The minimum Gasteiger partial charge on any atom is -0.478 e. The van der Waals surface area contributed by atoms with E-state index < -0.39 is 11.9 Å². The third-order valence-electron chi connectivity index (χ3n) is 1.33. The Balaban J connectivity index is 0. The number of hydrogen-bond acceptors (Lipinski definition) is 5. The molecular formula is C10H19NO6. The summed E-state index contributed by atoms with van der Waals surface area (Å²) in [5.41, 5.74) is 0. The van der Waals surface area contributed by atoms with Crippen LogP contribution in [0.1, 0.15) is 0 Å². The van der Waals surface area contributed by atoms with Gasteiger partial charge in [0.15, 0.2) is 0 Å². The molecule has 100 valence electrons. The van der Waals surface area contributed by atoms with Gasteiger partial charge < -0.3 is 25.0 Å². The maximum Gasteiger partial charge on any atom is 0.328 e. The Morgan fingerprint density at radius 3 is 1.59 bits per heavy atom. The Morgan fingerprint density at radius 2 is 1.35 bits per heavy atom. The van der Waals surface area contributed by atoms with E-state index >= 15 is 0 Å². The van der Waals surface area contributed by atoms with Crippen molar-refractivity contribution in [2.24, 2.45) is 0 Å². The molecule has 0 atom stereocenters. The van der Waals surface area contributed by atoms with Crippen molar-refractivity contribution in [3.63, 3.8) is 0 Å². The van der Waals surface area contributed by atoms with E-state index in [0.717, 1.165) is 26.3 Å². The van der Waals surface area contributed by atoms with Gasteiger partial charge in [-0.05, 0) is 0 Å². The average Bonchev–Trinajstić information content (AvgIpc) is 2.27. The standard InChI is InChI=1S/C6H15NO2.C4H4O4/c1-8-5-3-7-4-6-9-2;5-3(6)1-2-4(7)8/h7H,3-6H2,1-2H3;1-2H,(H,5,6)(H,7,8)/b;2-1+. The predicted molar refractivity (Wildman–Crippen MR) is 61.0 cm³/mol. The smallest absolute Gasteiger partial charge is 0.328 e. The lowest BCUT2D eigenvalue weighted by Gasteiger charge is -2.01. The van der Waals surface area contributed by atoms with Crippen LogP contribution in [0.5, 0.6) is 0 Å². The number of carbonyl (C=O) groups is 2. The van der Waals surface area contributed by atoms with Gasteiger partial charge >= 0.3 is 11.9 Å². The third kappa shape index (κ3) is 25.1. The molecular weight excluding hydrogens is 230 g/mol. The number of aliphatic carboxylic acids is 2. The highest BCUT2D eigenvalue weighted by Crippen LogP contribution is 1.70. The predicted octanol–water partition coefficient (Wildman–Crippen LogP) is -0.419. The topological polar surface area (TPSA) is 105 Å². The van der Waals surface area contributed by atoms with Gasteiger partial charge in [0, 0.05) is 39.5 Å². The van der Waals surface area contributed by atoms with Gasteiger partial charge in [-0.2, -0.15) is 0 Å². The summed E-state index contributed by atoms with van der Waals surface area (Å²) in [5, 5.41) is 18.8. The van der Waals surface area contributed by atoms with Crippen LogP contribution in [0.2, 0.25) is 0 Å². The maximum atomic E-state index is 9.55. The molecule has 0 rings (SSSR count). The van der Waals surface area contributed by atoms with E-state index in [1.807, 2.05) is 0 Å². The molecule has 0 unspecified atom stereocenters. The lowest BCUT2D eigenvalue weighted by atomic mass is 10.5. The summed E-state index contributed by atoms with van der Waals surface area (Å²) in [7, 11) is 3.38. The highest BCUT2D eigenvalue weighted by atomic mass is 16.5. The van der Waals surface area contributed by atoms with E-state index in [-0.39, 0.29) is 0 Å². The Hall–Kier alpha value is -1.44. The van der Waals surface area contributed by atoms with Crippen molar-refractivity contribution in [2.45, 2.75) is 0 Å². The van der Waals surface area contributed by atoms with E-state index in [9.17, 15) is 9.59 Å². The summed E-state index contributed by atoms with van der Waals surface area (Å²) in [6, 6.07) is 0. The molecule has 0 heterocycles. The molecule has 17 heavy (non-hydrogen) atoms. The van der Waals surface area contributed by atoms with Gasteiger partial charge in [-0.3, -0.25) is 0 Å². The van der Waals surface area contributed by atoms with Crippen LogP contribution >= 0.6 is 0 Å². The third-order valence-corrected chi connectivity index (χ3v) is 1.33. The fraction of sp³-hybridized carbons (Fsp3) is 0.600. The molecule has 0 aliphatic heterocycles. The first-order valence-electron chi connectivity index (χ1n) is 4.87. The van der Waals surface area contributed by atoms with E-state index in [4.69, 9.17) is 19.7 Å². The van der Waals surface area contributed by atoms with Crippen molar-refractivity contribution < 1.29 is 29.3 Å². The van der Waals surface area contributed by atoms with Gasteiger partial charge in [-0.25, -0.2) is 9.59 Å². The summed E-state index contributed by atoms with van der Waals surface area (Å²) < 4.78 is 9.64. The van der Waals surface area contributed by atoms with E-state index in [2.05, 4.69) is 5.32 Å². The first-order valence-corrected chi connectivity index (χ1v) is 4.87. The summed E-state index contributed by atoms with van der Waals surface area (Å²) in [5.74, 6) is -2.51. The molecule has 3 N–H and O–H groups in total. The first kappa shape index (κ1) is 17.9. The van der Waals surface area contributed by atoms with Gasteiger partial charge in [-0.15, -0.1) is 0 Å². The molecule has 0 aliphatic carbocycles. The molecule has 0 amide bonds. The lowest BCUT2D eigenvalue weighted by molar-refractivity contribution is -0.134. The molecule has 0 aromatic carbocycles. The zero-order valence-corrected chi connectivity index (χ0v) is 10.0. The molecule has 0 fully saturated rings. The number of carboxylic acids is 2. The summed E-state index contributed by atoms with van der Waals surface area (Å²) in [6.07, 6.45) is 1.12. The fourth-order valence-electron chi connectivity index (χ4n) is 0.616. The number of carboxylic acid groups (broad SMARTS) is 2. The Labute approximate surface area is 100 Å². The first-order chi connectivity index (χ1) is 8.04. The molecule has 0 aliphatic rings. The van der Waals surface area contributed by atoms with Crippen LogP contribution in [0.15, 0.2) is 12.2 Å². The van der Waals surface area contributed by atoms with Gasteiger partial charge in [-0.1, -0.05) is 0 Å². The number of methoxy groups -OCH3 is 2. The van der Waals surface area contributed by atoms with Crippen LogP contribution in [0.4, 0.5) is 0 Å². The molecule has 7 nitrogen and oxygen atoms in total. The summed E-state index contributed by atoms with van der Waals surface area (Å²) in [4.78, 5) is 19.1. The highest BCUT2D eigenvalue weighted by molar-refractivity contribution is 5.89. The van der Waals surface area contributed by atoms with Crippen LogP contribution in [-0.4, -0.2) is 62.7 Å². The molecule has 7 heteroatoms. The fourth-order valence-corrected chi connectivity index (χ4v) is 0.616. The second kappa shape index (κ2) is 14.6. The Kier molecular flexibility index (Phi) is 15.4. The van der Waals surface area contributed by atoms with Gasteiger partial charge in [0.1, 0.15) is 0 Å². The minimum absolute atomic E-state index is 0.558. The number of ether oxygens (including phenoxy) is 2. The highest BCUT2D eigenvalue weighted by Gasteiger charge is 1.88. The molecule has 0 bridgehead atoms. The second-order valence-electron chi connectivity index (χ2n) is 2.75. The van der Waals surface area contributed by atoms with E-state index in [1.165, 1.54) is 0 Å². The van der Waals surface area contributed by atoms with Crippen LogP contribution < -0.4 is 5.32 Å². The Bertz CT molecular complexity index is 207. The van der Waals surface area contributed by atoms with Crippen LogP contribution in [0, 0.1) is 0 Å². The SMILES string of the molecule is COCCNCCOC.O=C(O)/C=C/C(=O)O. The van der Waals surface area contributed by atoms with Gasteiger partial charge in [0.25, 0.3) is 0 Å². The van der Waals surface area contributed by atoms with Crippen LogP contribution in [0.25, 0.3) is 0 Å². The van der Waals surface area contributed by atoms with E-state index in [0.29, 0.717) is 12.2 Å². The van der Waals surface area contributed by atoms with Gasteiger partial charge in [0.05, 0.1) is 13.2 Å². The quantitative estimate of drug-likeness (QED) is 0.396. The molecule has 0 saturated heterocycles. The van der Waals surface area contributed by atoms with Crippen molar-refractivity contribution >= 4 is 11.9 Å². The normalized spacial score (nSPS) is 9.76. The number of rotatable bonds is 8. The zero-order valence-electron chi connectivity index (χ0n) is 10.0. The van der Waals surface area contributed by atoms with Crippen molar-refractivity contribution in [3.8, 4) is 0 Å².